The molecule has 1 N–H and O–H groups in total. The SMILES string of the molecule is COc1ccc(C2CCCN2CC(=O)Nc2ccc(OC)c(OC)c2)cc1. The van der Waals surface area contributed by atoms with E-state index < -0.39 is 0 Å². The van der Waals surface area contributed by atoms with Gasteiger partial charge in [-0.2, -0.15) is 0 Å². The van der Waals surface area contributed by atoms with Gasteiger partial charge < -0.3 is 19.5 Å². The van der Waals surface area contributed by atoms with Gasteiger partial charge in [0.05, 0.1) is 27.9 Å². The van der Waals surface area contributed by atoms with Crippen molar-refractivity contribution in [3.63, 3.8) is 0 Å². The first-order valence-electron chi connectivity index (χ1n) is 9.04. The number of carbonyl (C=O) groups excluding carboxylic acids is 1. The highest BCUT2D eigenvalue weighted by atomic mass is 16.5. The molecule has 27 heavy (non-hydrogen) atoms. The summed E-state index contributed by atoms with van der Waals surface area (Å²) in [5.74, 6) is 2.03. The van der Waals surface area contributed by atoms with E-state index in [1.165, 1.54) is 5.56 Å². The third-order valence-corrected chi connectivity index (χ3v) is 4.88. The van der Waals surface area contributed by atoms with Crippen molar-refractivity contribution >= 4 is 11.6 Å². The zero-order valence-electron chi connectivity index (χ0n) is 16.0. The topological polar surface area (TPSA) is 60.0 Å². The number of rotatable bonds is 7. The highest BCUT2D eigenvalue weighted by Gasteiger charge is 2.27. The van der Waals surface area contributed by atoms with Crippen LogP contribution in [0.15, 0.2) is 42.5 Å². The summed E-state index contributed by atoms with van der Waals surface area (Å²) in [5.41, 5.74) is 1.91. The highest BCUT2D eigenvalue weighted by Crippen LogP contribution is 2.33. The minimum absolute atomic E-state index is 0.0392. The normalized spacial score (nSPS) is 16.8. The Morgan fingerprint density at radius 2 is 1.78 bits per heavy atom. The quantitative estimate of drug-likeness (QED) is 0.808. The summed E-state index contributed by atoms with van der Waals surface area (Å²) >= 11 is 0. The Kier molecular flexibility index (Phi) is 6.19. The molecule has 0 aromatic heterocycles. The van der Waals surface area contributed by atoms with E-state index in [0.717, 1.165) is 25.1 Å². The van der Waals surface area contributed by atoms with Crippen LogP contribution in [0.3, 0.4) is 0 Å². The summed E-state index contributed by atoms with van der Waals surface area (Å²) < 4.78 is 15.7. The molecule has 0 radical (unpaired) electrons. The number of hydrogen-bond acceptors (Lipinski definition) is 5. The maximum atomic E-state index is 12.6. The molecular formula is C21H26N2O4. The van der Waals surface area contributed by atoms with Gasteiger partial charge in [0.25, 0.3) is 0 Å². The third-order valence-electron chi connectivity index (χ3n) is 4.88. The van der Waals surface area contributed by atoms with Crippen LogP contribution >= 0.6 is 0 Å². The first-order chi connectivity index (χ1) is 13.1. The molecule has 0 spiro atoms. The minimum atomic E-state index is -0.0392. The minimum Gasteiger partial charge on any atom is -0.497 e. The van der Waals surface area contributed by atoms with Crippen molar-refractivity contribution < 1.29 is 19.0 Å². The van der Waals surface area contributed by atoms with E-state index in [9.17, 15) is 4.79 Å². The lowest BCUT2D eigenvalue weighted by Gasteiger charge is -2.24. The predicted molar refractivity (Wildman–Crippen MR) is 105 cm³/mol. The van der Waals surface area contributed by atoms with Gasteiger partial charge in [-0.3, -0.25) is 9.69 Å². The van der Waals surface area contributed by atoms with Crippen molar-refractivity contribution in [2.45, 2.75) is 18.9 Å². The largest absolute Gasteiger partial charge is 0.497 e. The zero-order chi connectivity index (χ0) is 19.2. The molecule has 1 atom stereocenters. The zero-order valence-corrected chi connectivity index (χ0v) is 16.0. The summed E-state index contributed by atoms with van der Waals surface area (Å²) in [6, 6.07) is 13.7. The third kappa shape index (κ3) is 4.52. The number of amides is 1. The molecule has 2 aromatic rings. The summed E-state index contributed by atoms with van der Waals surface area (Å²) in [5, 5.41) is 2.95. The smallest absolute Gasteiger partial charge is 0.238 e. The monoisotopic (exact) mass is 370 g/mol. The van der Waals surface area contributed by atoms with Crippen molar-refractivity contribution in [1.29, 1.82) is 0 Å². The van der Waals surface area contributed by atoms with Crippen molar-refractivity contribution in [3.05, 3.63) is 48.0 Å². The van der Waals surface area contributed by atoms with Crippen LogP contribution in [0.4, 0.5) is 5.69 Å². The van der Waals surface area contributed by atoms with Crippen LogP contribution in [0.5, 0.6) is 17.2 Å². The molecule has 2 aromatic carbocycles. The molecule has 6 nitrogen and oxygen atoms in total. The van der Waals surface area contributed by atoms with E-state index in [1.54, 1.807) is 33.5 Å². The van der Waals surface area contributed by atoms with Crippen LogP contribution in [0.25, 0.3) is 0 Å². The summed E-state index contributed by atoms with van der Waals surface area (Å²) in [4.78, 5) is 14.8. The van der Waals surface area contributed by atoms with Gasteiger partial charge in [0.2, 0.25) is 5.91 Å². The summed E-state index contributed by atoms with van der Waals surface area (Å²) in [7, 11) is 4.82. The molecule has 1 aliphatic heterocycles. The van der Waals surface area contributed by atoms with Gasteiger partial charge in [-0.15, -0.1) is 0 Å². The fraction of sp³-hybridized carbons (Fsp3) is 0.381. The Balaban J connectivity index is 1.64. The maximum absolute atomic E-state index is 12.6. The Hall–Kier alpha value is -2.73. The number of likely N-dealkylation sites (tertiary alicyclic amines) is 1. The molecule has 3 rings (SSSR count). The number of nitrogens with zero attached hydrogens (tertiary/aromatic N) is 1. The standard InChI is InChI=1S/C21H26N2O4/c1-25-17-9-6-15(7-10-17)18-5-4-12-23(18)14-21(24)22-16-8-11-19(26-2)20(13-16)27-3/h6-11,13,18H,4-5,12,14H2,1-3H3,(H,22,24). The van der Waals surface area contributed by atoms with Gasteiger partial charge >= 0.3 is 0 Å². The Morgan fingerprint density at radius 1 is 1.04 bits per heavy atom. The van der Waals surface area contributed by atoms with Crippen LogP contribution in [-0.2, 0) is 4.79 Å². The van der Waals surface area contributed by atoms with Crippen LogP contribution in [0, 0.1) is 0 Å². The number of ether oxygens (including phenoxy) is 3. The van der Waals surface area contributed by atoms with Gasteiger partial charge in [-0.25, -0.2) is 0 Å². The van der Waals surface area contributed by atoms with Crippen molar-refractivity contribution in [2.75, 3.05) is 39.7 Å². The Morgan fingerprint density at radius 3 is 2.44 bits per heavy atom. The maximum Gasteiger partial charge on any atom is 0.238 e. The van der Waals surface area contributed by atoms with Crippen LogP contribution in [-0.4, -0.2) is 45.2 Å². The number of nitrogens with one attached hydrogen (secondary N) is 1. The molecule has 0 aliphatic carbocycles. The van der Waals surface area contributed by atoms with E-state index in [1.807, 2.05) is 18.2 Å². The number of anilines is 1. The van der Waals surface area contributed by atoms with Crippen molar-refractivity contribution in [2.24, 2.45) is 0 Å². The highest BCUT2D eigenvalue weighted by molar-refractivity contribution is 5.92. The number of methoxy groups -OCH3 is 3. The first-order valence-corrected chi connectivity index (χ1v) is 9.04. The fourth-order valence-corrected chi connectivity index (χ4v) is 3.52. The van der Waals surface area contributed by atoms with E-state index >= 15 is 0 Å². The Labute approximate surface area is 160 Å². The molecule has 144 valence electrons. The van der Waals surface area contributed by atoms with Gasteiger partial charge in [-0.1, -0.05) is 12.1 Å². The van der Waals surface area contributed by atoms with Crippen molar-refractivity contribution in [3.8, 4) is 17.2 Å². The molecule has 1 unspecified atom stereocenters. The van der Waals surface area contributed by atoms with E-state index in [0.29, 0.717) is 23.7 Å². The predicted octanol–water partition coefficient (Wildman–Crippen LogP) is 3.49. The lowest BCUT2D eigenvalue weighted by atomic mass is 10.0. The van der Waals surface area contributed by atoms with E-state index in [-0.39, 0.29) is 11.9 Å². The Bertz CT molecular complexity index is 776. The molecule has 1 fully saturated rings. The molecule has 6 heteroatoms. The number of carbonyl (C=O) groups is 1. The molecule has 0 bridgehead atoms. The summed E-state index contributed by atoms with van der Waals surface area (Å²) in [6.07, 6.45) is 2.14. The number of hydrogen-bond donors (Lipinski definition) is 1. The molecular weight excluding hydrogens is 344 g/mol. The van der Waals surface area contributed by atoms with Gasteiger partial charge in [-0.05, 0) is 49.2 Å². The van der Waals surface area contributed by atoms with Crippen molar-refractivity contribution in [1.82, 2.24) is 4.90 Å². The fourth-order valence-electron chi connectivity index (χ4n) is 3.52. The van der Waals surface area contributed by atoms with Gasteiger partial charge in [0.1, 0.15) is 5.75 Å². The molecule has 1 saturated heterocycles. The van der Waals surface area contributed by atoms with Gasteiger partial charge in [0, 0.05) is 17.8 Å². The van der Waals surface area contributed by atoms with E-state index in [2.05, 4.69) is 22.3 Å². The van der Waals surface area contributed by atoms with Gasteiger partial charge in [0.15, 0.2) is 11.5 Å². The average molecular weight is 370 g/mol. The van der Waals surface area contributed by atoms with Crippen LogP contribution < -0.4 is 19.5 Å². The second-order valence-corrected chi connectivity index (χ2v) is 6.52. The lowest BCUT2D eigenvalue weighted by molar-refractivity contribution is -0.117. The average Bonchev–Trinajstić information content (AvgIpc) is 3.15. The molecule has 1 aliphatic rings. The second kappa shape index (κ2) is 8.77. The molecule has 1 heterocycles. The number of benzene rings is 2. The second-order valence-electron chi connectivity index (χ2n) is 6.52. The molecule has 1 amide bonds. The molecule has 0 saturated carbocycles. The van der Waals surface area contributed by atoms with Crippen LogP contribution in [0.1, 0.15) is 24.4 Å². The summed E-state index contributed by atoms with van der Waals surface area (Å²) in [6.45, 7) is 1.26. The van der Waals surface area contributed by atoms with Crippen LogP contribution in [0.2, 0.25) is 0 Å². The lowest BCUT2D eigenvalue weighted by Crippen LogP contribution is -2.32. The van der Waals surface area contributed by atoms with E-state index in [4.69, 9.17) is 14.2 Å². The first kappa shape index (κ1) is 19.0.